The number of ether oxygens (including phenoxy) is 1. The number of nitrogens with zero attached hydrogens (tertiary/aromatic N) is 2. The van der Waals surface area contributed by atoms with Crippen molar-refractivity contribution in [1.29, 1.82) is 0 Å². The first kappa shape index (κ1) is 24.3. The fraction of sp³-hybridized carbons (Fsp3) is 0.333. The predicted octanol–water partition coefficient (Wildman–Crippen LogP) is 4.36. The lowest BCUT2D eigenvalue weighted by atomic mass is 9.93. The molecule has 1 N–H and O–H groups in total. The molecule has 0 aliphatic carbocycles. The zero-order valence-corrected chi connectivity index (χ0v) is 19.7. The second kappa shape index (κ2) is 10.5. The maximum atomic E-state index is 13.1. The fourth-order valence-corrected chi connectivity index (χ4v) is 3.85. The minimum absolute atomic E-state index is 0.107. The third-order valence-electron chi connectivity index (χ3n) is 5.74. The van der Waals surface area contributed by atoms with Crippen molar-refractivity contribution < 1.29 is 19.4 Å². The number of carbonyl (C=O) groups is 2. The number of aliphatic hydroxyl groups excluding tert-OH is 1. The minimum atomic E-state index is -0.670. The molecule has 1 aliphatic rings. The summed E-state index contributed by atoms with van der Waals surface area (Å²) in [6, 6.07) is 14.0. The average Bonchev–Trinajstić information content (AvgIpc) is 3.06. The Hall–Kier alpha value is -3.38. The number of benzene rings is 2. The van der Waals surface area contributed by atoms with Crippen molar-refractivity contribution in [3.05, 3.63) is 83.4 Å². The van der Waals surface area contributed by atoms with Crippen LogP contribution >= 0.6 is 0 Å². The molecule has 1 atom stereocenters. The maximum absolute atomic E-state index is 13.1. The maximum Gasteiger partial charge on any atom is 0.295 e. The van der Waals surface area contributed by atoms with E-state index >= 15 is 0 Å². The Morgan fingerprint density at radius 1 is 1.12 bits per heavy atom. The fourth-order valence-electron chi connectivity index (χ4n) is 3.85. The van der Waals surface area contributed by atoms with Crippen LogP contribution in [-0.4, -0.2) is 60.4 Å². The Kier molecular flexibility index (Phi) is 7.71. The number of ketones is 1. The standard InChI is InChI=1S/C27H32N2O4/c1-6-17-33-22-13-11-21(12-14-22)25(30)23-24(20-9-7-19(8-10-20)18(2)3)29(16-15-28(4)5)27(32)26(23)31/h6-14,18,24,30H,1,15-17H2,2-5H3/b25-23+/t24-/m1/s1. The molecule has 0 aromatic heterocycles. The Bertz CT molecular complexity index is 1040. The molecule has 1 heterocycles. The monoisotopic (exact) mass is 448 g/mol. The SMILES string of the molecule is C=CCOc1ccc(/C(O)=C2\C(=O)C(=O)N(CCN(C)C)[C@@H]2c2ccc(C(C)C)cc2)cc1. The molecule has 6 heteroatoms. The number of hydrogen-bond donors (Lipinski definition) is 1. The van der Waals surface area contributed by atoms with E-state index in [1.54, 1.807) is 35.2 Å². The summed E-state index contributed by atoms with van der Waals surface area (Å²) in [5, 5.41) is 11.2. The number of aliphatic hydroxyl groups is 1. The highest BCUT2D eigenvalue weighted by Gasteiger charge is 2.45. The van der Waals surface area contributed by atoms with Crippen molar-refractivity contribution in [3.63, 3.8) is 0 Å². The van der Waals surface area contributed by atoms with E-state index in [1.807, 2.05) is 43.3 Å². The zero-order valence-electron chi connectivity index (χ0n) is 19.7. The number of hydrogen-bond acceptors (Lipinski definition) is 5. The molecule has 1 amide bonds. The first-order chi connectivity index (χ1) is 15.7. The summed E-state index contributed by atoms with van der Waals surface area (Å²) < 4.78 is 5.50. The van der Waals surface area contributed by atoms with Crippen LogP contribution in [0.1, 0.15) is 42.5 Å². The van der Waals surface area contributed by atoms with E-state index in [2.05, 4.69) is 20.4 Å². The van der Waals surface area contributed by atoms with Gasteiger partial charge < -0.3 is 19.6 Å². The van der Waals surface area contributed by atoms with Crippen LogP contribution in [0.3, 0.4) is 0 Å². The molecule has 0 saturated carbocycles. The van der Waals surface area contributed by atoms with Crippen molar-refractivity contribution in [1.82, 2.24) is 9.80 Å². The molecule has 0 bridgehead atoms. The van der Waals surface area contributed by atoms with Gasteiger partial charge in [0, 0.05) is 18.7 Å². The van der Waals surface area contributed by atoms with E-state index < -0.39 is 17.7 Å². The van der Waals surface area contributed by atoms with Gasteiger partial charge in [-0.2, -0.15) is 0 Å². The van der Waals surface area contributed by atoms with Crippen LogP contribution in [0.5, 0.6) is 5.75 Å². The largest absolute Gasteiger partial charge is 0.507 e. The first-order valence-electron chi connectivity index (χ1n) is 11.1. The number of likely N-dealkylation sites (tertiary alicyclic amines) is 1. The van der Waals surface area contributed by atoms with E-state index in [-0.39, 0.29) is 11.3 Å². The van der Waals surface area contributed by atoms with Crippen LogP contribution in [0.15, 0.2) is 66.8 Å². The van der Waals surface area contributed by atoms with Gasteiger partial charge in [0.05, 0.1) is 11.6 Å². The Morgan fingerprint density at radius 3 is 2.30 bits per heavy atom. The van der Waals surface area contributed by atoms with Crippen LogP contribution in [-0.2, 0) is 9.59 Å². The number of carbonyl (C=O) groups excluding carboxylic acids is 2. The average molecular weight is 449 g/mol. The highest BCUT2D eigenvalue weighted by atomic mass is 16.5. The molecule has 174 valence electrons. The van der Waals surface area contributed by atoms with Crippen molar-refractivity contribution in [2.45, 2.75) is 25.8 Å². The van der Waals surface area contributed by atoms with Crippen molar-refractivity contribution in [2.75, 3.05) is 33.8 Å². The van der Waals surface area contributed by atoms with E-state index in [4.69, 9.17) is 4.74 Å². The predicted molar refractivity (Wildman–Crippen MR) is 130 cm³/mol. The molecular formula is C27H32N2O4. The van der Waals surface area contributed by atoms with Gasteiger partial charge in [-0.05, 0) is 55.4 Å². The summed E-state index contributed by atoms with van der Waals surface area (Å²) in [6.45, 7) is 9.19. The van der Waals surface area contributed by atoms with Gasteiger partial charge >= 0.3 is 0 Å². The molecule has 2 aromatic carbocycles. The quantitative estimate of drug-likeness (QED) is 0.267. The number of amides is 1. The van der Waals surface area contributed by atoms with Crippen LogP contribution in [0.2, 0.25) is 0 Å². The van der Waals surface area contributed by atoms with Gasteiger partial charge in [-0.15, -0.1) is 0 Å². The lowest BCUT2D eigenvalue weighted by molar-refractivity contribution is -0.140. The zero-order chi connectivity index (χ0) is 24.1. The van der Waals surface area contributed by atoms with E-state index in [0.29, 0.717) is 36.9 Å². The summed E-state index contributed by atoms with van der Waals surface area (Å²) in [4.78, 5) is 29.6. The highest BCUT2D eigenvalue weighted by Crippen LogP contribution is 2.39. The summed E-state index contributed by atoms with van der Waals surface area (Å²) in [7, 11) is 3.83. The van der Waals surface area contributed by atoms with Crippen LogP contribution < -0.4 is 4.74 Å². The first-order valence-corrected chi connectivity index (χ1v) is 11.1. The Balaban J connectivity index is 2.06. The molecule has 0 radical (unpaired) electrons. The molecule has 1 saturated heterocycles. The number of rotatable bonds is 9. The lowest BCUT2D eigenvalue weighted by Crippen LogP contribution is -2.35. The van der Waals surface area contributed by atoms with Crippen molar-refractivity contribution >= 4 is 17.4 Å². The molecular weight excluding hydrogens is 416 g/mol. The molecule has 2 aromatic rings. The third-order valence-corrected chi connectivity index (χ3v) is 5.74. The van der Waals surface area contributed by atoms with E-state index in [9.17, 15) is 14.7 Å². The van der Waals surface area contributed by atoms with Crippen molar-refractivity contribution in [3.8, 4) is 5.75 Å². The third kappa shape index (κ3) is 5.34. The molecule has 6 nitrogen and oxygen atoms in total. The Labute approximate surface area is 195 Å². The van der Waals surface area contributed by atoms with Gasteiger partial charge in [0.2, 0.25) is 0 Å². The van der Waals surface area contributed by atoms with Gasteiger partial charge in [-0.3, -0.25) is 9.59 Å². The van der Waals surface area contributed by atoms with Gasteiger partial charge in [0.25, 0.3) is 11.7 Å². The minimum Gasteiger partial charge on any atom is -0.507 e. The summed E-state index contributed by atoms with van der Waals surface area (Å²) in [5.74, 6) is -0.466. The van der Waals surface area contributed by atoms with Gasteiger partial charge in [0.1, 0.15) is 18.1 Å². The normalized spacial score (nSPS) is 17.8. The van der Waals surface area contributed by atoms with Crippen LogP contribution in [0.4, 0.5) is 0 Å². The summed E-state index contributed by atoms with van der Waals surface area (Å²) in [6.07, 6.45) is 1.65. The van der Waals surface area contributed by atoms with Crippen LogP contribution in [0.25, 0.3) is 5.76 Å². The van der Waals surface area contributed by atoms with Gasteiger partial charge in [-0.25, -0.2) is 0 Å². The van der Waals surface area contributed by atoms with E-state index in [0.717, 1.165) is 5.56 Å². The second-order valence-electron chi connectivity index (χ2n) is 8.74. The number of likely N-dealkylation sites (N-methyl/N-ethyl adjacent to an activating group) is 1. The smallest absolute Gasteiger partial charge is 0.295 e. The molecule has 1 fully saturated rings. The van der Waals surface area contributed by atoms with Gasteiger partial charge in [-0.1, -0.05) is 50.8 Å². The summed E-state index contributed by atoms with van der Waals surface area (Å²) >= 11 is 0. The molecule has 0 unspecified atom stereocenters. The van der Waals surface area contributed by atoms with E-state index in [1.165, 1.54) is 5.56 Å². The summed E-state index contributed by atoms with van der Waals surface area (Å²) in [5.41, 5.74) is 2.52. The molecule has 33 heavy (non-hydrogen) atoms. The topological polar surface area (TPSA) is 70.1 Å². The second-order valence-corrected chi connectivity index (χ2v) is 8.74. The van der Waals surface area contributed by atoms with Gasteiger partial charge in [0.15, 0.2) is 0 Å². The van der Waals surface area contributed by atoms with Crippen molar-refractivity contribution in [2.24, 2.45) is 0 Å². The highest BCUT2D eigenvalue weighted by molar-refractivity contribution is 6.46. The number of Topliss-reactive ketones (excluding diaryl/α,β-unsaturated/α-hetero) is 1. The molecule has 0 spiro atoms. The lowest BCUT2D eigenvalue weighted by Gasteiger charge is -2.27. The molecule has 1 aliphatic heterocycles. The Morgan fingerprint density at radius 2 is 1.76 bits per heavy atom. The molecule has 3 rings (SSSR count). The van der Waals surface area contributed by atoms with Crippen LogP contribution in [0, 0.1) is 0 Å².